The van der Waals surface area contributed by atoms with E-state index in [1.807, 2.05) is 60.7 Å². The van der Waals surface area contributed by atoms with E-state index in [1.54, 1.807) is 6.92 Å². The molecule has 0 saturated heterocycles. The molecule has 0 aliphatic carbocycles. The van der Waals surface area contributed by atoms with Gasteiger partial charge in [0.2, 0.25) is 0 Å². The minimum atomic E-state index is -0.722. The fraction of sp³-hybridized carbons (Fsp3) is 0.158. The quantitative estimate of drug-likeness (QED) is 0.778. The Labute approximate surface area is 134 Å². The van der Waals surface area contributed by atoms with Crippen LogP contribution in [-0.4, -0.2) is 15.1 Å². The molecule has 1 atom stereocenters. The molecule has 0 saturated carbocycles. The minimum absolute atomic E-state index is 0.202. The lowest BCUT2D eigenvalue weighted by atomic mass is 10.0. The summed E-state index contributed by atoms with van der Waals surface area (Å²) >= 11 is 0. The summed E-state index contributed by atoms with van der Waals surface area (Å²) in [7, 11) is 0. The maximum atomic E-state index is 12.4. The zero-order chi connectivity index (χ0) is 16.2. The van der Waals surface area contributed by atoms with Crippen molar-refractivity contribution in [2.75, 3.05) is 0 Å². The largest absolute Gasteiger partial charge is 0.388 e. The molecule has 2 N–H and O–H groups in total. The molecule has 1 heterocycles. The van der Waals surface area contributed by atoms with Gasteiger partial charge >= 0.3 is 0 Å². The molecule has 0 aliphatic rings. The molecule has 116 valence electrons. The Kier molecular flexibility index (Phi) is 4.35. The fourth-order valence-electron chi connectivity index (χ4n) is 2.57. The molecule has 2 aromatic carbocycles. The third-order valence-corrected chi connectivity index (χ3v) is 3.85. The van der Waals surface area contributed by atoms with E-state index in [0.29, 0.717) is 17.1 Å². The second-order valence-corrected chi connectivity index (χ2v) is 5.48. The van der Waals surface area contributed by atoms with Gasteiger partial charge in [-0.05, 0) is 12.5 Å². The van der Waals surface area contributed by atoms with E-state index < -0.39 is 6.10 Å². The summed E-state index contributed by atoms with van der Waals surface area (Å²) < 4.78 is 0. The SMILES string of the molecule is Cc1nc(-c2ccccc2)[nH]c(=O)c1CC(O)c1ccccc1. The number of hydrogen-bond acceptors (Lipinski definition) is 3. The zero-order valence-electron chi connectivity index (χ0n) is 12.9. The summed E-state index contributed by atoms with van der Waals surface area (Å²) in [5.74, 6) is 0.547. The summed E-state index contributed by atoms with van der Waals surface area (Å²) in [6.45, 7) is 1.80. The first-order chi connectivity index (χ1) is 11.1. The van der Waals surface area contributed by atoms with Gasteiger partial charge in [0.1, 0.15) is 5.82 Å². The molecule has 3 rings (SSSR count). The summed E-state index contributed by atoms with van der Waals surface area (Å²) in [4.78, 5) is 19.7. The number of nitrogens with one attached hydrogen (secondary N) is 1. The van der Waals surface area contributed by atoms with Crippen molar-refractivity contribution in [3.05, 3.63) is 87.8 Å². The molecule has 0 spiro atoms. The number of aliphatic hydroxyl groups excluding tert-OH is 1. The molecule has 23 heavy (non-hydrogen) atoms. The average molecular weight is 306 g/mol. The molecule has 4 heteroatoms. The Morgan fingerprint density at radius 3 is 2.26 bits per heavy atom. The average Bonchev–Trinajstić information content (AvgIpc) is 2.59. The number of aromatic nitrogens is 2. The first kappa shape index (κ1) is 15.2. The Balaban J connectivity index is 1.91. The van der Waals surface area contributed by atoms with Crippen LogP contribution in [0.3, 0.4) is 0 Å². The number of H-pyrrole nitrogens is 1. The molecular formula is C19H18N2O2. The summed E-state index contributed by atoms with van der Waals surface area (Å²) in [6, 6.07) is 18.8. The molecule has 0 amide bonds. The molecule has 3 aromatic rings. The molecule has 1 aromatic heterocycles. The molecular weight excluding hydrogens is 288 g/mol. The lowest BCUT2D eigenvalue weighted by Gasteiger charge is -2.12. The van der Waals surface area contributed by atoms with Gasteiger partial charge in [-0.3, -0.25) is 4.79 Å². The van der Waals surface area contributed by atoms with Crippen LogP contribution in [-0.2, 0) is 6.42 Å². The van der Waals surface area contributed by atoms with Crippen molar-refractivity contribution < 1.29 is 5.11 Å². The van der Waals surface area contributed by atoms with Crippen LogP contribution in [0.15, 0.2) is 65.5 Å². The smallest absolute Gasteiger partial charge is 0.254 e. The standard InChI is InChI=1S/C19H18N2O2/c1-13-16(12-17(22)14-8-4-2-5-9-14)19(23)21-18(20-13)15-10-6-3-7-11-15/h2-11,17,22H,12H2,1H3,(H,20,21,23). The van der Waals surface area contributed by atoms with E-state index in [2.05, 4.69) is 9.97 Å². The number of nitrogens with zero attached hydrogens (tertiary/aromatic N) is 1. The van der Waals surface area contributed by atoms with Crippen LogP contribution < -0.4 is 5.56 Å². The predicted octanol–water partition coefficient (Wildman–Crippen LogP) is 3.02. The van der Waals surface area contributed by atoms with Gasteiger partial charge in [-0.2, -0.15) is 0 Å². The number of aryl methyl sites for hydroxylation is 1. The van der Waals surface area contributed by atoms with Gasteiger partial charge in [0.05, 0.1) is 6.10 Å². The van der Waals surface area contributed by atoms with Crippen molar-refractivity contribution in [1.29, 1.82) is 0 Å². The van der Waals surface area contributed by atoms with Crippen molar-refractivity contribution in [2.45, 2.75) is 19.4 Å². The Bertz CT molecular complexity index is 842. The van der Waals surface area contributed by atoms with Crippen molar-refractivity contribution >= 4 is 0 Å². The van der Waals surface area contributed by atoms with Gasteiger partial charge in [-0.1, -0.05) is 60.7 Å². The van der Waals surface area contributed by atoms with Crippen LogP contribution >= 0.6 is 0 Å². The van der Waals surface area contributed by atoms with Crippen LogP contribution in [0.4, 0.5) is 0 Å². The predicted molar refractivity (Wildman–Crippen MR) is 90.1 cm³/mol. The molecule has 0 fully saturated rings. The number of aromatic amines is 1. The maximum absolute atomic E-state index is 12.4. The highest BCUT2D eigenvalue weighted by molar-refractivity contribution is 5.54. The molecule has 4 nitrogen and oxygen atoms in total. The van der Waals surface area contributed by atoms with Crippen molar-refractivity contribution in [3.8, 4) is 11.4 Å². The highest BCUT2D eigenvalue weighted by Crippen LogP contribution is 2.19. The van der Waals surface area contributed by atoms with E-state index in [0.717, 1.165) is 11.1 Å². The van der Waals surface area contributed by atoms with Gasteiger partial charge in [-0.25, -0.2) is 4.98 Å². The maximum Gasteiger partial charge on any atom is 0.254 e. The Morgan fingerprint density at radius 1 is 1.04 bits per heavy atom. The molecule has 0 radical (unpaired) electrons. The highest BCUT2D eigenvalue weighted by Gasteiger charge is 2.15. The van der Waals surface area contributed by atoms with Crippen LogP contribution in [0, 0.1) is 6.92 Å². The van der Waals surface area contributed by atoms with Crippen molar-refractivity contribution in [2.24, 2.45) is 0 Å². The summed E-state index contributed by atoms with van der Waals surface area (Å²) in [6.07, 6.45) is -0.479. The van der Waals surface area contributed by atoms with Gasteiger partial charge in [0, 0.05) is 23.2 Å². The lowest BCUT2D eigenvalue weighted by molar-refractivity contribution is 0.177. The Hall–Kier alpha value is -2.72. The van der Waals surface area contributed by atoms with Crippen molar-refractivity contribution in [1.82, 2.24) is 9.97 Å². The van der Waals surface area contributed by atoms with E-state index in [-0.39, 0.29) is 12.0 Å². The minimum Gasteiger partial charge on any atom is -0.388 e. The monoisotopic (exact) mass is 306 g/mol. The number of hydrogen-bond donors (Lipinski definition) is 2. The molecule has 0 bridgehead atoms. The van der Waals surface area contributed by atoms with E-state index in [9.17, 15) is 9.90 Å². The second kappa shape index (κ2) is 6.58. The zero-order valence-corrected chi connectivity index (χ0v) is 12.9. The highest BCUT2D eigenvalue weighted by atomic mass is 16.3. The first-order valence-corrected chi connectivity index (χ1v) is 7.53. The van der Waals surface area contributed by atoms with Crippen LogP contribution in [0.5, 0.6) is 0 Å². The van der Waals surface area contributed by atoms with Crippen LogP contribution in [0.25, 0.3) is 11.4 Å². The molecule has 0 aliphatic heterocycles. The third kappa shape index (κ3) is 3.38. The fourth-order valence-corrected chi connectivity index (χ4v) is 2.57. The Morgan fingerprint density at radius 2 is 1.65 bits per heavy atom. The van der Waals surface area contributed by atoms with Gasteiger partial charge in [0.25, 0.3) is 5.56 Å². The molecule has 1 unspecified atom stereocenters. The van der Waals surface area contributed by atoms with Gasteiger partial charge in [-0.15, -0.1) is 0 Å². The van der Waals surface area contributed by atoms with E-state index in [1.165, 1.54) is 0 Å². The number of rotatable bonds is 4. The normalized spacial score (nSPS) is 12.1. The lowest BCUT2D eigenvalue weighted by Crippen LogP contribution is -2.20. The number of benzene rings is 2. The topological polar surface area (TPSA) is 66.0 Å². The summed E-state index contributed by atoms with van der Waals surface area (Å²) in [5, 5.41) is 10.3. The number of aliphatic hydroxyl groups is 1. The van der Waals surface area contributed by atoms with Crippen LogP contribution in [0.1, 0.15) is 22.9 Å². The summed E-state index contributed by atoms with van der Waals surface area (Å²) in [5.41, 5.74) is 2.61. The van der Waals surface area contributed by atoms with Gasteiger partial charge in [0.15, 0.2) is 0 Å². The first-order valence-electron chi connectivity index (χ1n) is 7.53. The van der Waals surface area contributed by atoms with E-state index in [4.69, 9.17) is 0 Å². The van der Waals surface area contributed by atoms with Crippen LogP contribution in [0.2, 0.25) is 0 Å². The van der Waals surface area contributed by atoms with E-state index >= 15 is 0 Å². The van der Waals surface area contributed by atoms with Crippen molar-refractivity contribution in [3.63, 3.8) is 0 Å². The second-order valence-electron chi connectivity index (χ2n) is 5.48. The van der Waals surface area contributed by atoms with Gasteiger partial charge < -0.3 is 10.1 Å². The third-order valence-electron chi connectivity index (χ3n) is 3.85.